The highest BCUT2D eigenvalue weighted by molar-refractivity contribution is 5.95. The van der Waals surface area contributed by atoms with E-state index in [1.54, 1.807) is 0 Å². The van der Waals surface area contributed by atoms with Gasteiger partial charge in [-0.05, 0) is 31.0 Å². The Labute approximate surface area is 126 Å². The second kappa shape index (κ2) is 8.00. The Morgan fingerprint density at radius 1 is 1.48 bits per heavy atom. The van der Waals surface area contributed by atoms with Crippen LogP contribution in [0.15, 0.2) is 24.3 Å². The largest absolute Gasteiger partial charge is 0.378 e. The lowest BCUT2D eigenvalue weighted by Gasteiger charge is -2.14. The lowest BCUT2D eigenvalue weighted by atomic mass is 10.2. The van der Waals surface area contributed by atoms with Gasteiger partial charge in [-0.15, -0.1) is 0 Å². The Morgan fingerprint density at radius 2 is 2.33 bits per heavy atom. The third-order valence-corrected chi connectivity index (χ3v) is 3.48. The topological polar surface area (TPSA) is 50.8 Å². The molecule has 0 aliphatic carbocycles. The van der Waals surface area contributed by atoms with Crippen LogP contribution < -0.4 is 10.2 Å². The summed E-state index contributed by atoms with van der Waals surface area (Å²) >= 11 is 0. The summed E-state index contributed by atoms with van der Waals surface area (Å²) in [6, 6.07) is 7.55. The number of anilines is 1. The van der Waals surface area contributed by atoms with Crippen LogP contribution in [0.3, 0.4) is 0 Å². The minimum atomic E-state index is -0.0700. The van der Waals surface area contributed by atoms with Crippen molar-refractivity contribution >= 4 is 11.6 Å². The van der Waals surface area contributed by atoms with Crippen LogP contribution in [-0.2, 0) is 9.47 Å². The van der Waals surface area contributed by atoms with Gasteiger partial charge in [0.15, 0.2) is 0 Å². The van der Waals surface area contributed by atoms with E-state index in [2.05, 4.69) is 5.32 Å². The highest BCUT2D eigenvalue weighted by Crippen LogP contribution is 2.13. The first-order valence-corrected chi connectivity index (χ1v) is 7.42. The molecule has 1 aliphatic rings. The molecule has 1 aromatic carbocycles. The monoisotopic (exact) mass is 292 g/mol. The zero-order chi connectivity index (χ0) is 15.1. The summed E-state index contributed by atoms with van der Waals surface area (Å²) in [5, 5.41) is 2.87. The number of benzene rings is 1. The van der Waals surface area contributed by atoms with Crippen molar-refractivity contribution in [3.63, 3.8) is 0 Å². The molecule has 1 aromatic rings. The average molecular weight is 292 g/mol. The maximum absolute atomic E-state index is 12.0. The molecule has 0 bridgehead atoms. The van der Waals surface area contributed by atoms with Gasteiger partial charge in [-0.25, -0.2) is 0 Å². The Hall–Kier alpha value is -1.59. The molecule has 0 spiro atoms. The van der Waals surface area contributed by atoms with Crippen molar-refractivity contribution in [3.05, 3.63) is 29.8 Å². The van der Waals surface area contributed by atoms with Gasteiger partial charge in [0.2, 0.25) is 0 Å². The number of amides is 1. The first-order valence-electron chi connectivity index (χ1n) is 7.42. The number of ether oxygens (including phenoxy) is 2. The van der Waals surface area contributed by atoms with Crippen LogP contribution in [0.25, 0.3) is 0 Å². The smallest absolute Gasteiger partial charge is 0.251 e. The van der Waals surface area contributed by atoms with E-state index in [1.165, 1.54) is 0 Å². The van der Waals surface area contributed by atoms with Crippen LogP contribution in [-0.4, -0.2) is 52.5 Å². The van der Waals surface area contributed by atoms with E-state index in [9.17, 15) is 4.79 Å². The number of carbonyl (C=O) groups is 1. The van der Waals surface area contributed by atoms with Crippen molar-refractivity contribution < 1.29 is 14.3 Å². The maximum atomic E-state index is 12.0. The van der Waals surface area contributed by atoms with Gasteiger partial charge in [0.25, 0.3) is 5.91 Å². The summed E-state index contributed by atoms with van der Waals surface area (Å²) in [4.78, 5) is 14.0. The zero-order valence-corrected chi connectivity index (χ0v) is 12.8. The van der Waals surface area contributed by atoms with Crippen LogP contribution >= 0.6 is 0 Å². The van der Waals surface area contributed by atoms with Crippen LogP contribution in [0.2, 0.25) is 0 Å². The van der Waals surface area contributed by atoms with E-state index < -0.39 is 0 Å². The molecule has 5 nitrogen and oxygen atoms in total. The number of hydrogen-bond acceptors (Lipinski definition) is 4. The molecule has 5 heteroatoms. The molecule has 1 unspecified atom stereocenters. The summed E-state index contributed by atoms with van der Waals surface area (Å²) in [6.45, 7) is 2.48. The lowest BCUT2D eigenvalue weighted by Crippen LogP contribution is -2.28. The molecule has 0 aromatic heterocycles. The number of carbonyl (C=O) groups excluding carboxylic acids is 1. The summed E-state index contributed by atoms with van der Waals surface area (Å²) in [5.74, 6) is -0.0700. The molecular formula is C16H24N2O3. The normalized spacial score (nSPS) is 17.7. The fourth-order valence-corrected chi connectivity index (χ4v) is 2.25. The quantitative estimate of drug-likeness (QED) is 0.777. The predicted octanol–water partition coefficient (Wildman–Crippen LogP) is 1.68. The Morgan fingerprint density at radius 3 is 3.05 bits per heavy atom. The van der Waals surface area contributed by atoms with Gasteiger partial charge in [0.1, 0.15) is 0 Å². The van der Waals surface area contributed by atoms with E-state index in [0.29, 0.717) is 25.3 Å². The van der Waals surface area contributed by atoms with E-state index in [0.717, 1.165) is 25.1 Å². The van der Waals surface area contributed by atoms with Gasteiger partial charge < -0.3 is 19.7 Å². The molecule has 2 rings (SSSR count). The Balaban J connectivity index is 1.68. The second-order valence-corrected chi connectivity index (χ2v) is 5.41. The van der Waals surface area contributed by atoms with Crippen molar-refractivity contribution in [2.75, 3.05) is 45.4 Å². The van der Waals surface area contributed by atoms with Crippen LogP contribution in [0.5, 0.6) is 0 Å². The predicted molar refractivity (Wildman–Crippen MR) is 82.9 cm³/mol. The molecule has 1 fully saturated rings. The minimum absolute atomic E-state index is 0.0700. The number of nitrogens with zero attached hydrogens (tertiary/aromatic N) is 1. The average Bonchev–Trinajstić information content (AvgIpc) is 3.00. The highest BCUT2D eigenvalue weighted by Gasteiger charge is 2.15. The van der Waals surface area contributed by atoms with Gasteiger partial charge in [0, 0.05) is 38.5 Å². The Kier molecular flexibility index (Phi) is 6.02. The third-order valence-electron chi connectivity index (χ3n) is 3.48. The fourth-order valence-electron chi connectivity index (χ4n) is 2.25. The summed E-state index contributed by atoms with van der Waals surface area (Å²) in [6.07, 6.45) is 2.42. The standard InChI is InChI=1S/C16H24N2O3/c1-18(2)14-6-3-5-13(11-14)16(19)17-8-10-20-12-15-7-4-9-21-15/h3,5-6,11,15H,4,7-10,12H2,1-2H3,(H,17,19). The number of nitrogens with one attached hydrogen (secondary N) is 1. The molecule has 0 radical (unpaired) electrons. The van der Waals surface area contributed by atoms with Gasteiger partial charge in [-0.2, -0.15) is 0 Å². The molecule has 1 atom stereocenters. The molecule has 1 saturated heterocycles. The number of rotatable bonds is 7. The first-order chi connectivity index (χ1) is 10.2. The van der Waals surface area contributed by atoms with Crippen molar-refractivity contribution in [2.24, 2.45) is 0 Å². The first kappa shape index (κ1) is 15.8. The van der Waals surface area contributed by atoms with E-state index >= 15 is 0 Å². The van der Waals surface area contributed by atoms with Gasteiger partial charge in [0.05, 0.1) is 19.3 Å². The second-order valence-electron chi connectivity index (χ2n) is 5.41. The van der Waals surface area contributed by atoms with E-state index in [1.807, 2.05) is 43.3 Å². The summed E-state index contributed by atoms with van der Waals surface area (Å²) < 4.78 is 11.0. The van der Waals surface area contributed by atoms with E-state index in [-0.39, 0.29) is 12.0 Å². The van der Waals surface area contributed by atoms with Gasteiger partial charge in [-0.1, -0.05) is 6.07 Å². The summed E-state index contributed by atoms with van der Waals surface area (Å²) in [7, 11) is 3.91. The zero-order valence-electron chi connectivity index (χ0n) is 12.8. The minimum Gasteiger partial charge on any atom is -0.378 e. The molecular weight excluding hydrogens is 268 g/mol. The molecule has 21 heavy (non-hydrogen) atoms. The third kappa shape index (κ3) is 5.02. The lowest BCUT2D eigenvalue weighted by molar-refractivity contribution is 0.0183. The molecule has 1 heterocycles. The molecule has 1 N–H and O–H groups in total. The van der Waals surface area contributed by atoms with Crippen LogP contribution in [0.1, 0.15) is 23.2 Å². The van der Waals surface area contributed by atoms with E-state index in [4.69, 9.17) is 9.47 Å². The number of hydrogen-bond donors (Lipinski definition) is 1. The van der Waals surface area contributed by atoms with Crippen LogP contribution in [0, 0.1) is 0 Å². The van der Waals surface area contributed by atoms with Crippen molar-refractivity contribution in [1.82, 2.24) is 5.32 Å². The molecule has 1 amide bonds. The van der Waals surface area contributed by atoms with Crippen LogP contribution in [0.4, 0.5) is 5.69 Å². The molecule has 1 aliphatic heterocycles. The molecule has 0 saturated carbocycles. The SMILES string of the molecule is CN(C)c1cccc(C(=O)NCCOCC2CCCO2)c1. The van der Waals surface area contributed by atoms with Gasteiger partial charge >= 0.3 is 0 Å². The molecule has 116 valence electrons. The van der Waals surface area contributed by atoms with Gasteiger partial charge in [-0.3, -0.25) is 4.79 Å². The fraction of sp³-hybridized carbons (Fsp3) is 0.562. The van der Waals surface area contributed by atoms with Crippen molar-refractivity contribution in [2.45, 2.75) is 18.9 Å². The Bertz CT molecular complexity index is 457. The van der Waals surface area contributed by atoms with Crippen molar-refractivity contribution in [1.29, 1.82) is 0 Å². The maximum Gasteiger partial charge on any atom is 0.251 e. The summed E-state index contributed by atoms with van der Waals surface area (Å²) in [5.41, 5.74) is 1.68. The van der Waals surface area contributed by atoms with Crippen molar-refractivity contribution in [3.8, 4) is 0 Å². The highest BCUT2D eigenvalue weighted by atomic mass is 16.5.